The van der Waals surface area contributed by atoms with Crippen LogP contribution in [0.2, 0.25) is 0 Å². The van der Waals surface area contributed by atoms with E-state index in [9.17, 15) is 19.1 Å². The monoisotopic (exact) mass is 564 g/mol. The van der Waals surface area contributed by atoms with E-state index in [-0.39, 0.29) is 21.7 Å². The summed E-state index contributed by atoms with van der Waals surface area (Å²) >= 11 is 1.06. The van der Waals surface area contributed by atoms with Crippen LogP contribution in [0, 0.1) is 17.7 Å². The fraction of sp³-hybridized carbons (Fsp3) is 0.464. The molecule has 0 radical (unpaired) electrons. The molecule has 0 amide bonds. The second kappa shape index (κ2) is 9.12. The minimum atomic E-state index is -1.01. The summed E-state index contributed by atoms with van der Waals surface area (Å²) in [5, 5.41) is 12.8. The van der Waals surface area contributed by atoms with Crippen LogP contribution in [0.5, 0.6) is 5.19 Å². The summed E-state index contributed by atoms with van der Waals surface area (Å²) in [5.74, 6) is 0.583. The standard InChI is InChI=1S/C28H29FN6O4S/c1-2-6-35-22(36)20-21(34-25(35)31-18-5-3-4-17(29)8-18)33-24(32-20)27-9-15-7-16(10-27)12-28(11-15,14-27)39-26-30-13-19(40-26)23(37)38/h3-5,8,13,15-16H,2,6-7,9-12,14H2,1H3,(H,31,34)(H,32,33)(H,37,38). The first-order valence-corrected chi connectivity index (χ1v) is 14.5. The number of fused-ring (bicyclic) bond motifs is 1. The van der Waals surface area contributed by atoms with E-state index in [1.54, 1.807) is 16.7 Å². The van der Waals surface area contributed by atoms with E-state index in [0.29, 0.717) is 52.8 Å². The van der Waals surface area contributed by atoms with Crippen molar-refractivity contribution in [3.05, 3.63) is 57.3 Å². The number of aromatic amines is 1. The number of hydrogen-bond acceptors (Lipinski definition) is 8. The first-order chi connectivity index (χ1) is 19.2. The smallest absolute Gasteiger partial charge is 0.347 e. The van der Waals surface area contributed by atoms with Gasteiger partial charge in [-0.25, -0.2) is 19.2 Å². The summed E-state index contributed by atoms with van der Waals surface area (Å²) in [6, 6.07) is 6.05. The lowest BCUT2D eigenvalue weighted by Gasteiger charge is -2.60. The van der Waals surface area contributed by atoms with E-state index < -0.39 is 11.6 Å². The molecule has 4 aromatic rings. The van der Waals surface area contributed by atoms with Gasteiger partial charge in [0.15, 0.2) is 11.2 Å². The van der Waals surface area contributed by atoms with Gasteiger partial charge in [0.05, 0.1) is 6.20 Å². The molecule has 10 nitrogen and oxygen atoms in total. The highest BCUT2D eigenvalue weighted by Crippen LogP contribution is 2.63. The van der Waals surface area contributed by atoms with Gasteiger partial charge in [-0.3, -0.25) is 9.36 Å². The molecule has 1 aromatic carbocycles. The number of benzene rings is 1. The number of aromatic carboxylic acids is 1. The second-order valence-corrected chi connectivity index (χ2v) is 12.6. The van der Waals surface area contributed by atoms with Gasteiger partial charge in [-0.2, -0.15) is 4.98 Å². The maximum absolute atomic E-state index is 13.8. The molecule has 4 aliphatic carbocycles. The van der Waals surface area contributed by atoms with Crippen LogP contribution in [-0.4, -0.2) is 41.2 Å². The Hall–Kier alpha value is -3.80. The van der Waals surface area contributed by atoms with Gasteiger partial charge in [0.2, 0.25) is 5.95 Å². The Morgan fingerprint density at radius 3 is 2.77 bits per heavy atom. The SMILES string of the molecule is CCCn1c(Nc2cccc(F)c2)nc2nc(C34CC5CC(CC(Oc6ncc(C(=O)O)s6)(C5)C3)C4)[nH]c2c1=O. The van der Waals surface area contributed by atoms with Crippen molar-refractivity contribution in [3.8, 4) is 5.19 Å². The van der Waals surface area contributed by atoms with Gasteiger partial charge < -0.3 is 20.1 Å². The van der Waals surface area contributed by atoms with Crippen LogP contribution in [0.3, 0.4) is 0 Å². The van der Waals surface area contributed by atoms with E-state index in [0.717, 1.165) is 55.7 Å². The number of carboxylic acid groups (broad SMARTS) is 1. The molecule has 3 aromatic heterocycles. The van der Waals surface area contributed by atoms with Crippen LogP contribution in [-0.2, 0) is 12.0 Å². The Bertz CT molecular complexity index is 1680. The number of aromatic nitrogens is 5. The van der Waals surface area contributed by atoms with E-state index in [4.69, 9.17) is 14.7 Å². The predicted molar refractivity (Wildman–Crippen MR) is 147 cm³/mol. The largest absolute Gasteiger partial charge is 0.477 e. The molecule has 2 unspecified atom stereocenters. The lowest BCUT2D eigenvalue weighted by Crippen LogP contribution is -2.60. The molecule has 3 heterocycles. The van der Waals surface area contributed by atoms with Gasteiger partial charge in [-0.15, -0.1) is 0 Å². The molecule has 3 N–H and O–H groups in total. The average molecular weight is 565 g/mol. The summed E-state index contributed by atoms with van der Waals surface area (Å²) in [4.78, 5) is 42.4. The fourth-order valence-corrected chi connectivity index (χ4v) is 8.33. The number of imidazole rings is 1. The Morgan fingerprint density at radius 2 is 2.08 bits per heavy atom. The predicted octanol–water partition coefficient (Wildman–Crippen LogP) is 5.24. The first kappa shape index (κ1) is 25.2. The minimum absolute atomic E-state index is 0.156. The summed E-state index contributed by atoms with van der Waals surface area (Å²) in [6.45, 7) is 2.43. The average Bonchev–Trinajstić information content (AvgIpc) is 3.53. The lowest BCUT2D eigenvalue weighted by atomic mass is 9.47. The zero-order chi connectivity index (χ0) is 27.6. The van der Waals surface area contributed by atoms with Crippen LogP contribution in [0.4, 0.5) is 16.0 Å². The molecule has 4 fully saturated rings. The summed E-state index contributed by atoms with van der Waals surface area (Å²) in [5.41, 5.74) is 0.240. The van der Waals surface area contributed by atoms with E-state index in [2.05, 4.69) is 15.3 Å². The number of carbonyl (C=O) groups is 1. The summed E-state index contributed by atoms with van der Waals surface area (Å²) in [7, 11) is 0. The third-order valence-corrected chi connectivity index (χ3v) is 9.51. The van der Waals surface area contributed by atoms with Crippen molar-refractivity contribution < 1.29 is 19.0 Å². The van der Waals surface area contributed by atoms with Gasteiger partial charge in [0, 0.05) is 17.6 Å². The minimum Gasteiger partial charge on any atom is -0.477 e. The number of nitrogens with one attached hydrogen (secondary N) is 2. The van der Waals surface area contributed by atoms with Crippen molar-refractivity contribution in [3.63, 3.8) is 0 Å². The highest BCUT2D eigenvalue weighted by atomic mass is 32.1. The van der Waals surface area contributed by atoms with Gasteiger partial charge >= 0.3 is 5.97 Å². The lowest BCUT2D eigenvalue weighted by molar-refractivity contribution is -0.123. The Morgan fingerprint density at radius 1 is 1.27 bits per heavy atom. The normalized spacial score (nSPS) is 26.9. The zero-order valence-corrected chi connectivity index (χ0v) is 22.8. The molecule has 2 atom stereocenters. The van der Waals surface area contributed by atoms with Crippen LogP contribution in [0.25, 0.3) is 11.2 Å². The number of anilines is 2. The molecule has 4 bridgehead atoms. The summed E-state index contributed by atoms with van der Waals surface area (Å²) < 4.78 is 21.9. The van der Waals surface area contributed by atoms with E-state index in [1.807, 2.05) is 6.92 Å². The maximum Gasteiger partial charge on any atom is 0.347 e. The van der Waals surface area contributed by atoms with Crippen LogP contribution >= 0.6 is 11.3 Å². The third-order valence-electron chi connectivity index (χ3n) is 8.65. The number of hydrogen-bond donors (Lipinski definition) is 3. The van der Waals surface area contributed by atoms with Gasteiger partial charge in [0.1, 0.15) is 22.1 Å². The number of H-pyrrole nitrogens is 1. The van der Waals surface area contributed by atoms with Crippen LogP contribution in [0.15, 0.2) is 35.3 Å². The Labute approximate surface area is 232 Å². The zero-order valence-electron chi connectivity index (χ0n) is 21.9. The van der Waals surface area contributed by atoms with Crippen molar-refractivity contribution >= 4 is 40.1 Å². The molecule has 12 heteroatoms. The van der Waals surface area contributed by atoms with Gasteiger partial charge in [-0.1, -0.05) is 24.3 Å². The number of halogens is 1. The van der Waals surface area contributed by atoms with E-state index in [1.165, 1.54) is 18.3 Å². The maximum atomic E-state index is 13.8. The number of carboxylic acids is 1. The Kier molecular flexibility index (Phi) is 5.74. The van der Waals surface area contributed by atoms with Crippen molar-refractivity contribution in [2.24, 2.45) is 11.8 Å². The van der Waals surface area contributed by atoms with Crippen LogP contribution in [0.1, 0.15) is 67.4 Å². The first-order valence-electron chi connectivity index (χ1n) is 13.7. The molecule has 0 aliphatic heterocycles. The highest BCUT2D eigenvalue weighted by molar-refractivity contribution is 7.15. The third kappa shape index (κ3) is 4.16. The number of ether oxygens (including phenoxy) is 1. The Balaban J connectivity index is 1.26. The molecule has 208 valence electrons. The van der Waals surface area contributed by atoms with Crippen molar-refractivity contribution in [2.75, 3.05) is 5.32 Å². The topological polar surface area (TPSA) is 135 Å². The molecule has 40 heavy (non-hydrogen) atoms. The molecular formula is C28H29FN6O4S. The summed E-state index contributed by atoms with van der Waals surface area (Å²) in [6.07, 6.45) is 7.61. The number of thiazole rings is 1. The van der Waals surface area contributed by atoms with Crippen LogP contribution < -0.4 is 15.6 Å². The van der Waals surface area contributed by atoms with Crippen molar-refractivity contribution in [1.29, 1.82) is 0 Å². The molecule has 0 saturated heterocycles. The number of rotatable bonds is 8. The van der Waals surface area contributed by atoms with Gasteiger partial charge in [0.25, 0.3) is 10.8 Å². The molecule has 0 spiro atoms. The second-order valence-electron chi connectivity index (χ2n) is 11.6. The van der Waals surface area contributed by atoms with Gasteiger partial charge in [-0.05, 0) is 75.0 Å². The molecular weight excluding hydrogens is 535 g/mol. The van der Waals surface area contributed by atoms with Crippen molar-refractivity contribution in [2.45, 2.75) is 69.4 Å². The quantitative estimate of drug-likeness (QED) is 0.265. The fourth-order valence-electron chi connectivity index (χ4n) is 7.62. The van der Waals surface area contributed by atoms with Crippen molar-refractivity contribution in [1.82, 2.24) is 24.5 Å². The molecule has 8 rings (SSSR count). The van der Waals surface area contributed by atoms with E-state index >= 15 is 0 Å². The molecule has 4 aliphatic rings. The molecule has 4 saturated carbocycles. The highest BCUT2D eigenvalue weighted by Gasteiger charge is 2.61. The number of nitrogens with zero attached hydrogens (tertiary/aromatic N) is 4.